The fourth-order valence-electron chi connectivity index (χ4n) is 3.49. The molecule has 0 amide bonds. The number of imidazole rings is 1. The molecule has 1 aromatic carbocycles. The molecule has 4 rings (SSSR count). The van der Waals surface area contributed by atoms with Crippen LogP contribution in [0.15, 0.2) is 48.8 Å². The number of hydrogen-bond donors (Lipinski definition) is 0. The van der Waals surface area contributed by atoms with Gasteiger partial charge in [-0.15, -0.1) is 0 Å². The number of nitrogens with zero attached hydrogens (tertiary/aromatic N) is 3. The molecule has 1 saturated heterocycles. The molecule has 0 radical (unpaired) electrons. The number of ether oxygens (including phenoxy) is 1. The normalized spacial score (nSPS) is 15.2. The van der Waals surface area contributed by atoms with Crippen LogP contribution in [0.4, 0.5) is 0 Å². The molecule has 0 bridgehead atoms. The van der Waals surface area contributed by atoms with Crippen LogP contribution in [0.5, 0.6) is 5.75 Å². The van der Waals surface area contributed by atoms with Crippen molar-refractivity contribution in [1.29, 1.82) is 0 Å². The molecule has 3 aromatic rings. The summed E-state index contributed by atoms with van der Waals surface area (Å²) in [7, 11) is 1.71. The average molecular weight is 321 g/mol. The number of fused-ring (bicyclic) bond motifs is 1. The molecule has 124 valence electrons. The first-order valence-electron chi connectivity index (χ1n) is 8.67. The predicted molar refractivity (Wildman–Crippen MR) is 96.6 cm³/mol. The third kappa shape index (κ3) is 3.02. The van der Waals surface area contributed by atoms with Gasteiger partial charge in [-0.25, -0.2) is 4.98 Å². The molecule has 2 aromatic heterocycles. The lowest BCUT2D eigenvalue weighted by Crippen LogP contribution is -2.21. The van der Waals surface area contributed by atoms with Crippen molar-refractivity contribution in [3.05, 3.63) is 54.5 Å². The minimum Gasteiger partial charge on any atom is -0.496 e. The second-order valence-corrected chi connectivity index (χ2v) is 6.41. The summed E-state index contributed by atoms with van der Waals surface area (Å²) in [6, 6.07) is 12.3. The van der Waals surface area contributed by atoms with Crippen molar-refractivity contribution in [3.63, 3.8) is 0 Å². The van der Waals surface area contributed by atoms with Crippen LogP contribution in [0.2, 0.25) is 0 Å². The Bertz CT molecular complexity index is 834. The van der Waals surface area contributed by atoms with Crippen LogP contribution in [0, 0.1) is 0 Å². The number of pyridine rings is 1. The van der Waals surface area contributed by atoms with Gasteiger partial charge in [-0.2, -0.15) is 0 Å². The fourth-order valence-corrected chi connectivity index (χ4v) is 3.49. The van der Waals surface area contributed by atoms with Gasteiger partial charge in [0.15, 0.2) is 0 Å². The summed E-state index contributed by atoms with van der Waals surface area (Å²) in [5.41, 5.74) is 4.42. The van der Waals surface area contributed by atoms with Crippen molar-refractivity contribution >= 4 is 5.65 Å². The van der Waals surface area contributed by atoms with Gasteiger partial charge in [-0.1, -0.05) is 18.2 Å². The van der Waals surface area contributed by atoms with Crippen LogP contribution in [0.1, 0.15) is 18.5 Å². The van der Waals surface area contributed by atoms with Gasteiger partial charge in [0.05, 0.1) is 12.8 Å². The number of likely N-dealkylation sites (tertiary alicyclic amines) is 1. The SMILES string of the molecule is COc1ccccc1-c1ccc2nc(CCN3CCCC3)cn2c1. The molecule has 3 heterocycles. The zero-order chi connectivity index (χ0) is 16.4. The van der Waals surface area contributed by atoms with E-state index in [1.807, 2.05) is 18.2 Å². The van der Waals surface area contributed by atoms with E-state index in [9.17, 15) is 0 Å². The zero-order valence-corrected chi connectivity index (χ0v) is 14.1. The largest absolute Gasteiger partial charge is 0.496 e. The van der Waals surface area contributed by atoms with Crippen molar-refractivity contribution in [1.82, 2.24) is 14.3 Å². The van der Waals surface area contributed by atoms with E-state index >= 15 is 0 Å². The highest BCUT2D eigenvalue weighted by Gasteiger charge is 2.12. The van der Waals surface area contributed by atoms with E-state index in [0.29, 0.717) is 0 Å². The van der Waals surface area contributed by atoms with Crippen LogP contribution in [-0.4, -0.2) is 41.0 Å². The zero-order valence-electron chi connectivity index (χ0n) is 14.1. The molecule has 0 saturated carbocycles. The van der Waals surface area contributed by atoms with Gasteiger partial charge >= 0.3 is 0 Å². The van der Waals surface area contributed by atoms with Gasteiger partial charge in [-0.05, 0) is 44.1 Å². The molecular weight excluding hydrogens is 298 g/mol. The van der Waals surface area contributed by atoms with E-state index in [0.717, 1.165) is 35.5 Å². The molecule has 1 fully saturated rings. The van der Waals surface area contributed by atoms with E-state index in [4.69, 9.17) is 9.72 Å². The van der Waals surface area contributed by atoms with Crippen molar-refractivity contribution in [2.45, 2.75) is 19.3 Å². The third-order valence-electron chi connectivity index (χ3n) is 4.80. The number of hydrogen-bond acceptors (Lipinski definition) is 3. The standard InChI is InChI=1S/C20H23N3O/c1-24-19-7-3-2-6-18(19)16-8-9-20-21-17(15-23(20)14-16)10-13-22-11-4-5-12-22/h2-3,6-9,14-15H,4-5,10-13H2,1H3. The summed E-state index contributed by atoms with van der Waals surface area (Å²) in [6.45, 7) is 3.60. The molecule has 0 aliphatic carbocycles. The maximum Gasteiger partial charge on any atom is 0.137 e. The summed E-state index contributed by atoms with van der Waals surface area (Å²) in [5.74, 6) is 0.895. The van der Waals surface area contributed by atoms with Crippen molar-refractivity contribution in [2.24, 2.45) is 0 Å². The molecule has 24 heavy (non-hydrogen) atoms. The number of methoxy groups -OCH3 is 1. The van der Waals surface area contributed by atoms with Crippen molar-refractivity contribution < 1.29 is 4.74 Å². The maximum absolute atomic E-state index is 5.48. The summed E-state index contributed by atoms with van der Waals surface area (Å²) in [4.78, 5) is 7.29. The summed E-state index contributed by atoms with van der Waals surface area (Å²) in [5, 5.41) is 0. The molecule has 0 unspecified atom stereocenters. The fraction of sp³-hybridized carbons (Fsp3) is 0.350. The quantitative estimate of drug-likeness (QED) is 0.718. The molecule has 1 aliphatic rings. The van der Waals surface area contributed by atoms with Crippen LogP contribution < -0.4 is 4.74 Å². The Labute approximate surface area is 142 Å². The monoisotopic (exact) mass is 321 g/mol. The Balaban J connectivity index is 1.58. The van der Waals surface area contributed by atoms with E-state index in [1.165, 1.54) is 31.6 Å². The Morgan fingerprint density at radius 3 is 2.71 bits per heavy atom. The number of rotatable bonds is 5. The molecule has 4 nitrogen and oxygen atoms in total. The first kappa shape index (κ1) is 15.2. The molecule has 0 spiro atoms. The lowest BCUT2D eigenvalue weighted by Gasteiger charge is -2.12. The van der Waals surface area contributed by atoms with E-state index in [1.54, 1.807) is 7.11 Å². The summed E-state index contributed by atoms with van der Waals surface area (Å²) >= 11 is 0. The summed E-state index contributed by atoms with van der Waals surface area (Å²) in [6.07, 6.45) is 8.00. The topological polar surface area (TPSA) is 29.8 Å². The first-order chi connectivity index (χ1) is 11.8. The second kappa shape index (κ2) is 6.65. The highest BCUT2D eigenvalue weighted by atomic mass is 16.5. The van der Waals surface area contributed by atoms with Gasteiger partial charge in [0.1, 0.15) is 11.4 Å². The Morgan fingerprint density at radius 1 is 1.04 bits per heavy atom. The molecular formula is C20H23N3O. The lowest BCUT2D eigenvalue weighted by molar-refractivity contribution is 0.342. The van der Waals surface area contributed by atoms with Gasteiger partial charge in [0.2, 0.25) is 0 Å². The lowest BCUT2D eigenvalue weighted by atomic mass is 10.1. The Kier molecular flexibility index (Phi) is 4.22. The summed E-state index contributed by atoms with van der Waals surface area (Å²) < 4.78 is 7.61. The Hall–Kier alpha value is -2.33. The van der Waals surface area contributed by atoms with E-state index < -0.39 is 0 Å². The highest BCUT2D eigenvalue weighted by Crippen LogP contribution is 2.29. The number of para-hydroxylation sites is 1. The van der Waals surface area contributed by atoms with Crippen LogP contribution in [0.25, 0.3) is 16.8 Å². The minimum absolute atomic E-state index is 0.895. The van der Waals surface area contributed by atoms with Crippen molar-refractivity contribution in [2.75, 3.05) is 26.7 Å². The predicted octanol–water partition coefficient (Wildman–Crippen LogP) is 3.65. The second-order valence-electron chi connectivity index (χ2n) is 6.41. The van der Waals surface area contributed by atoms with Crippen LogP contribution >= 0.6 is 0 Å². The smallest absolute Gasteiger partial charge is 0.137 e. The third-order valence-corrected chi connectivity index (χ3v) is 4.80. The van der Waals surface area contributed by atoms with E-state index in [2.05, 4.69) is 39.9 Å². The highest BCUT2D eigenvalue weighted by molar-refractivity contribution is 5.71. The average Bonchev–Trinajstić information content (AvgIpc) is 3.28. The van der Waals surface area contributed by atoms with Gasteiger partial charge in [0.25, 0.3) is 0 Å². The number of benzene rings is 1. The maximum atomic E-state index is 5.48. The Morgan fingerprint density at radius 2 is 1.88 bits per heavy atom. The molecule has 0 N–H and O–H groups in total. The molecule has 1 aliphatic heterocycles. The number of aromatic nitrogens is 2. The van der Waals surface area contributed by atoms with E-state index in [-0.39, 0.29) is 0 Å². The molecule has 0 atom stereocenters. The van der Waals surface area contributed by atoms with Crippen molar-refractivity contribution in [3.8, 4) is 16.9 Å². The minimum atomic E-state index is 0.895. The molecule has 4 heteroatoms. The van der Waals surface area contributed by atoms with Crippen LogP contribution in [0.3, 0.4) is 0 Å². The van der Waals surface area contributed by atoms with Gasteiger partial charge in [0, 0.05) is 36.5 Å². The first-order valence-corrected chi connectivity index (χ1v) is 8.67. The van der Waals surface area contributed by atoms with Gasteiger partial charge in [-0.3, -0.25) is 0 Å². The van der Waals surface area contributed by atoms with Gasteiger partial charge < -0.3 is 14.0 Å². The van der Waals surface area contributed by atoms with Crippen LogP contribution in [-0.2, 0) is 6.42 Å².